The summed E-state index contributed by atoms with van der Waals surface area (Å²) in [5, 5.41) is 22.0. The van der Waals surface area contributed by atoms with Crippen molar-refractivity contribution in [3.05, 3.63) is 71.8 Å². The van der Waals surface area contributed by atoms with Gasteiger partial charge in [-0.1, -0.05) is 0 Å². The zero-order chi connectivity index (χ0) is 22.1. The Hall–Kier alpha value is -2.72. The van der Waals surface area contributed by atoms with Gasteiger partial charge in [0.15, 0.2) is 0 Å². The van der Waals surface area contributed by atoms with E-state index in [0.717, 1.165) is 16.9 Å². The Bertz CT molecular complexity index is 1240. The van der Waals surface area contributed by atoms with Crippen molar-refractivity contribution in [1.82, 2.24) is 24.4 Å². The molecule has 0 spiro atoms. The Morgan fingerprint density at radius 3 is 2.78 bits per heavy atom. The van der Waals surface area contributed by atoms with E-state index < -0.39 is 6.10 Å². The molecule has 5 rings (SSSR count). The van der Waals surface area contributed by atoms with Gasteiger partial charge in [0.2, 0.25) is 0 Å². The Balaban J connectivity index is 1.50. The minimum absolute atomic E-state index is 0.168. The number of carbonyl (C=O) groups is 1. The van der Waals surface area contributed by atoms with Gasteiger partial charge in [-0.2, -0.15) is 0 Å². The summed E-state index contributed by atoms with van der Waals surface area (Å²) in [6, 6.07) is 11.4. The molecule has 1 aromatic carbocycles. The maximum absolute atomic E-state index is 13.1. The molecule has 2 N–H and O–H groups in total. The molecule has 1 aliphatic rings. The van der Waals surface area contributed by atoms with Crippen molar-refractivity contribution in [3.63, 3.8) is 0 Å². The number of hydrogen-bond donors (Lipinski definition) is 2. The van der Waals surface area contributed by atoms with Crippen LogP contribution in [0.15, 0.2) is 55.0 Å². The Labute approximate surface area is 195 Å². The molecular weight excluding hydrogens is 511 g/mol. The third kappa shape index (κ3) is 4.16. The molecule has 0 saturated carbocycles. The number of rotatable bonds is 5. The van der Waals surface area contributed by atoms with Crippen molar-refractivity contribution < 1.29 is 9.90 Å². The first-order valence-corrected chi connectivity index (χ1v) is 14.8. The van der Waals surface area contributed by atoms with Crippen molar-refractivity contribution in [2.75, 3.05) is 5.32 Å². The van der Waals surface area contributed by atoms with E-state index in [9.17, 15) is 9.90 Å². The molecule has 3 aromatic heterocycles. The standard InChI is InChI=1S/C23H24N6O2.Sn/c1-4-16(5-2)20-13-21(29(27-20)18-9-7-17(8-10-18)15(3)30)26-23(31)19-14-25-28-12-6-11-24-22(19)28;/h6-16,30H,1-2,4-5H2,3H3,(H,26,31);. The summed E-state index contributed by atoms with van der Waals surface area (Å²) in [7, 11) is 0. The second-order valence-corrected chi connectivity index (χ2v) is 12.3. The summed E-state index contributed by atoms with van der Waals surface area (Å²) in [5.74, 6) is 0.789. The van der Waals surface area contributed by atoms with E-state index in [2.05, 4.69) is 15.4 Å². The van der Waals surface area contributed by atoms with Crippen LogP contribution >= 0.6 is 0 Å². The van der Waals surface area contributed by atoms with E-state index in [-0.39, 0.29) is 27.0 Å². The van der Waals surface area contributed by atoms with Gasteiger partial charge >= 0.3 is 190 Å². The molecule has 1 unspecified atom stereocenters. The predicted molar refractivity (Wildman–Crippen MR) is 122 cm³/mol. The molecule has 8 nitrogen and oxygen atoms in total. The average Bonchev–Trinajstić information content (AvgIpc) is 3.44. The van der Waals surface area contributed by atoms with E-state index >= 15 is 0 Å². The quantitative estimate of drug-likeness (QED) is 0.381. The molecule has 4 aromatic rings. The van der Waals surface area contributed by atoms with Crippen LogP contribution in [0, 0.1) is 0 Å². The van der Waals surface area contributed by atoms with Crippen molar-refractivity contribution in [3.8, 4) is 5.69 Å². The third-order valence-corrected chi connectivity index (χ3v) is 9.54. The number of aliphatic hydroxyl groups is 1. The van der Waals surface area contributed by atoms with Gasteiger partial charge in [-0.25, -0.2) is 0 Å². The summed E-state index contributed by atoms with van der Waals surface area (Å²) in [5.41, 5.74) is 3.62. The molecule has 4 heterocycles. The number of aromatic nitrogens is 5. The minimum atomic E-state index is -0.535. The van der Waals surface area contributed by atoms with Crippen LogP contribution in [-0.4, -0.2) is 56.5 Å². The molecular formula is C23H24N6O2Sn. The van der Waals surface area contributed by atoms with Crippen molar-refractivity contribution >= 4 is 38.5 Å². The molecule has 1 saturated heterocycles. The summed E-state index contributed by atoms with van der Waals surface area (Å²) in [6.07, 6.45) is 6.78. The molecule has 1 fully saturated rings. The predicted octanol–water partition coefficient (Wildman–Crippen LogP) is 3.64. The van der Waals surface area contributed by atoms with Crippen LogP contribution in [0.25, 0.3) is 11.3 Å². The van der Waals surface area contributed by atoms with Crippen molar-refractivity contribution in [1.29, 1.82) is 0 Å². The van der Waals surface area contributed by atoms with Crippen molar-refractivity contribution in [2.24, 2.45) is 0 Å². The number of amides is 1. The SMILES string of the molecule is CC(O)c1ccc(-n2nc(C3C[CH2][Sn][CH2]C3)cc2NC(=O)c2cnn3cccnc23)cc1. The van der Waals surface area contributed by atoms with Gasteiger partial charge in [0.05, 0.1) is 0 Å². The van der Waals surface area contributed by atoms with Crippen LogP contribution in [0.5, 0.6) is 0 Å². The molecule has 0 bridgehead atoms. The first kappa shape index (κ1) is 21.1. The van der Waals surface area contributed by atoms with E-state index in [1.54, 1.807) is 34.6 Å². The van der Waals surface area contributed by atoms with E-state index in [1.165, 1.54) is 27.9 Å². The third-order valence-electron chi connectivity index (χ3n) is 5.87. The van der Waals surface area contributed by atoms with Gasteiger partial charge in [-0.05, 0) is 6.07 Å². The summed E-state index contributed by atoms with van der Waals surface area (Å²) < 4.78 is 6.12. The molecule has 9 heteroatoms. The number of carbonyl (C=O) groups excluding carboxylic acids is 1. The fourth-order valence-electron chi connectivity index (χ4n) is 4.07. The normalized spacial score (nSPS) is 15.7. The van der Waals surface area contributed by atoms with E-state index in [0.29, 0.717) is 22.9 Å². The molecule has 1 amide bonds. The van der Waals surface area contributed by atoms with Gasteiger partial charge in [-0.3, -0.25) is 0 Å². The number of nitrogens with zero attached hydrogens (tertiary/aromatic N) is 5. The van der Waals surface area contributed by atoms with Crippen LogP contribution in [0.2, 0.25) is 8.87 Å². The Morgan fingerprint density at radius 2 is 2.03 bits per heavy atom. The average molecular weight is 535 g/mol. The second kappa shape index (κ2) is 9.03. The number of hydrogen-bond acceptors (Lipinski definition) is 5. The first-order valence-electron chi connectivity index (χ1n) is 10.8. The Morgan fingerprint density at radius 1 is 1.25 bits per heavy atom. The van der Waals surface area contributed by atoms with Crippen LogP contribution in [0.4, 0.5) is 5.82 Å². The molecule has 2 radical (unpaired) electrons. The number of fused-ring (bicyclic) bond motifs is 1. The number of anilines is 1. The number of aliphatic hydroxyl groups excluding tert-OH is 1. The molecule has 0 aliphatic carbocycles. The fourth-order valence-corrected chi connectivity index (χ4v) is 7.94. The fraction of sp³-hybridized carbons (Fsp3) is 0.304. The summed E-state index contributed by atoms with van der Waals surface area (Å²) in [6.45, 7) is 1.74. The molecule has 1 atom stereocenters. The van der Waals surface area contributed by atoms with Crippen molar-refractivity contribution in [2.45, 2.75) is 40.7 Å². The van der Waals surface area contributed by atoms with Crippen LogP contribution in [0.1, 0.15) is 53.4 Å². The van der Waals surface area contributed by atoms with Gasteiger partial charge in [0.1, 0.15) is 0 Å². The monoisotopic (exact) mass is 536 g/mol. The number of benzene rings is 1. The van der Waals surface area contributed by atoms with Gasteiger partial charge in [0.25, 0.3) is 0 Å². The molecule has 162 valence electrons. The van der Waals surface area contributed by atoms with E-state index in [1.807, 2.05) is 30.3 Å². The van der Waals surface area contributed by atoms with Crippen LogP contribution in [-0.2, 0) is 0 Å². The number of nitrogens with one attached hydrogen (secondary N) is 1. The Kier molecular flexibility index (Phi) is 5.96. The van der Waals surface area contributed by atoms with Gasteiger partial charge in [0, 0.05) is 0 Å². The van der Waals surface area contributed by atoms with Crippen LogP contribution in [0.3, 0.4) is 0 Å². The van der Waals surface area contributed by atoms with Crippen LogP contribution < -0.4 is 5.32 Å². The van der Waals surface area contributed by atoms with E-state index in [4.69, 9.17) is 5.10 Å². The topological polar surface area (TPSA) is 97.3 Å². The zero-order valence-electron chi connectivity index (χ0n) is 17.8. The zero-order valence-corrected chi connectivity index (χ0v) is 20.6. The second-order valence-electron chi connectivity index (χ2n) is 8.06. The summed E-state index contributed by atoms with van der Waals surface area (Å²) in [4.78, 5) is 17.4. The van der Waals surface area contributed by atoms with Gasteiger partial charge in [-0.15, -0.1) is 0 Å². The first-order chi connectivity index (χ1) is 15.6. The summed E-state index contributed by atoms with van der Waals surface area (Å²) >= 11 is -0.168. The molecule has 32 heavy (non-hydrogen) atoms. The van der Waals surface area contributed by atoms with Gasteiger partial charge < -0.3 is 0 Å². The molecule has 1 aliphatic heterocycles. The maximum atomic E-state index is 13.1.